The van der Waals surface area contributed by atoms with Gasteiger partial charge < -0.3 is 5.73 Å². The molecule has 1 heteroatoms. The quantitative estimate of drug-likeness (QED) is 0.617. The Morgan fingerprint density at radius 3 is 2.45 bits per heavy atom. The molecule has 0 saturated carbocycles. The first-order chi connectivity index (χ1) is 5.22. The Kier molecular flexibility index (Phi) is 5.86. The molecule has 0 saturated heterocycles. The number of hydrogen-bond donors (Lipinski definition) is 1. The van der Waals surface area contributed by atoms with Crippen molar-refractivity contribution in [1.29, 1.82) is 0 Å². The molecule has 0 aromatic heterocycles. The highest BCUT2D eigenvalue weighted by Crippen LogP contribution is 2.10. The largest absolute Gasteiger partial charge is 0.327 e. The van der Waals surface area contributed by atoms with Crippen LogP contribution in [0.1, 0.15) is 27.2 Å². The maximum absolute atomic E-state index is 5.43. The van der Waals surface area contributed by atoms with Gasteiger partial charge >= 0.3 is 0 Å². The van der Waals surface area contributed by atoms with Crippen molar-refractivity contribution >= 4 is 0 Å². The Hall–Kier alpha value is -0.560. The minimum Gasteiger partial charge on any atom is -0.327 e. The molecule has 0 unspecified atom stereocenters. The van der Waals surface area contributed by atoms with Gasteiger partial charge in [-0.05, 0) is 17.9 Å². The lowest BCUT2D eigenvalue weighted by Gasteiger charge is -2.04. The summed E-state index contributed by atoms with van der Waals surface area (Å²) >= 11 is 0. The molecule has 0 aromatic carbocycles. The summed E-state index contributed by atoms with van der Waals surface area (Å²) < 4.78 is 0. The predicted octanol–water partition coefficient (Wildman–Crippen LogP) is 2.49. The van der Waals surface area contributed by atoms with Crippen LogP contribution < -0.4 is 5.73 Å². The third kappa shape index (κ3) is 4.79. The molecule has 0 amide bonds. The van der Waals surface area contributed by atoms with Crippen LogP contribution >= 0.6 is 0 Å². The zero-order chi connectivity index (χ0) is 8.69. The van der Waals surface area contributed by atoms with Crippen LogP contribution in [0.3, 0.4) is 0 Å². The van der Waals surface area contributed by atoms with E-state index in [1.54, 1.807) is 0 Å². The van der Waals surface area contributed by atoms with E-state index >= 15 is 0 Å². The summed E-state index contributed by atoms with van der Waals surface area (Å²) in [4.78, 5) is 0. The van der Waals surface area contributed by atoms with Crippen molar-refractivity contribution in [2.24, 2.45) is 11.7 Å². The Bertz CT molecular complexity index is 143. The van der Waals surface area contributed by atoms with E-state index in [-0.39, 0.29) is 0 Å². The minimum absolute atomic E-state index is 0.585. The van der Waals surface area contributed by atoms with Crippen molar-refractivity contribution in [3.8, 4) is 0 Å². The minimum atomic E-state index is 0.585. The smallest absolute Gasteiger partial charge is 0.0112 e. The van der Waals surface area contributed by atoms with Crippen molar-refractivity contribution in [2.45, 2.75) is 27.2 Å². The summed E-state index contributed by atoms with van der Waals surface area (Å²) in [6.45, 7) is 7.14. The zero-order valence-electron chi connectivity index (χ0n) is 7.80. The molecule has 0 atom stereocenters. The lowest BCUT2D eigenvalue weighted by atomic mass is 10.0. The van der Waals surface area contributed by atoms with Crippen molar-refractivity contribution in [3.05, 3.63) is 23.8 Å². The molecule has 0 aliphatic carbocycles. The molecule has 0 heterocycles. The fourth-order valence-corrected chi connectivity index (χ4v) is 0.886. The molecule has 1 nitrogen and oxygen atoms in total. The van der Waals surface area contributed by atoms with Gasteiger partial charge in [-0.1, -0.05) is 39.0 Å². The highest BCUT2D eigenvalue weighted by molar-refractivity contribution is 5.20. The van der Waals surface area contributed by atoms with Gasteiger partial charge in [0.1, 0.15) is 0 Å². The van der Waals surface area contributed by atoms with Gasteiger partial charge in [0.15, 0.2) is 0 Å². The summed E-state index contributed by atoms with van der Waals surface area (Å²) in [7, 11) is 0. The summed E-state index contributed by atoms with van der Waals surface area (Å²) in [6.07, 6.45) is 7.50. The Morgan fingerprint density at radius 2 is 2.09 bits per heavy atom. The highest BCUT2D eigenvalue weighted by atomic mass is 14.5. The second-order valence-corrected chi connectivity index (χ2v) is 2.91. The zero-order valence-corrected chi connectivity index (χ0v) is 7.80. The van der Waals surface area contributed by atoms with Gasteiger partial charge in [-0.3, -0.25) is 0 Å². The molecule has 0 bridgehead atoms. The first kappa shape index (κ1) is 10.4. The third-order valence-corrected chi connectivity index (χ3v) is 1.57. The van der Waals surface area contributed by atoms with Crippen LogP contribution in [-0.4, -0.2) is 6.54 Å². The average Bonchev–Trinajstić information content (AvgIpc) is 1.97. The summed E-state index contributed by atoms with van der Waals surface area (Å²) in [6, 6.07) is 0. The van der Waals surface area contributed by atoms with Crippen LogP contribution in [0.4, 0.5) is 0 Å². The van der Waals surface area contributed by atoms with Crippen molar-refractivity contribution in [3.63, 3.8) is 0 Å². The standard InChI is InChI=1S/C10H19N/c1-4-5-6-10(7-8-11)9(2)3/h5-7,9H,4,8,11H2,1-3H3/b6-5-,10-7+. The van der Waals surface area contributed by atoms with Crippen LogP contribution in [0.5, 0.6) is 0 Å². The SMILES string of the molecule is CC/C=C\C(=C/CN)C(C)C. The average molecular weight is 153 g/mol. The maximum atomic E-state index is 5.43. The fourth-order valence-electron chi connectivity index (χ4n) is 0.886. The molecular weight excluding hydrogens is 134 g/mol. The molecule has 0 aromatic rings. The van der Waals surface area contributed by atoms with Crippen LogP contribution in [0.15, 0.2) is 23.8 Å². The van der Waals surface area contributed by atoms with Crippen molar-refractivity contribution in [2.75, 3.05) is 6.54 Å². The summed E-state index contributed by atoms with van der Waals surface area (Å²) in [5.41, 5.74) is 6.77. The lowest BCUT2D eigenvalue weighted by Crippen LogP contribution is -1.98. The topological polar surface area (TPSA) is 26.0 Å². The first-order valence-corrected chi connectivity index (χ1v) is 4.29. The van der Waals surface area contributed by atoms with Gasteiger partial charge in [0.2, 0.25) is 0 Å². The molecule has 11 heavy (non-hydrogen) atoms. The molecule has 0 aliphatic heterocycles. The number of nitrogens with two attached hydrogens (primary N) is 1. The van der Waals surface area contributed by atoms with Crippen LogP contribution in [0.2, 0.25) is 0 Å². The molecule has 0 radical (unpaired) electrons. The van der Waals surface area contributed by atoms with E-state index in [0.717, 1.165) is 6.42 Å². The van der Waals surface area contributed by atoms with E-state index in [0.29, 0.717) is 12.5 Å². The molecule has 64 valence electrons. The normalized spacial score (nSPS) is 13.4. The summed E-state index contributed by atoms with van der Waals surface area (Å²) in [5.74, 6) is 0.585. The van der Waals surface area contributed by atoms with Crippen molar-refractivity contribution in [1.82, 2.24) is 0 Å². The maximum Gasteiger partial charge on any atom is 0.0112 e. The number of hydrogen-bond acceptors (Lipinski definition) is 1. The van der Waals surface area contributed by atoms with Gasteiger partial charge in [-0.2, -0.15) is 0 Å². The highest BCUT2D eigenvalue weighted by Gasteiger charge is 1.96. The Balaban J connectivity index is 4.11. The van der Waals surface area contributed by atoms with E-state index in [2.05, 4.69) is 39.0 Å². The first-order valence-electron chi connectivity index (χ1n) is 4.29. The molecule has 0 aliphatic rings. The van der Waals surface area contributed by atoms with Crippen LogP contribution in [0.25, 0.3) is 0 Å². The number of allylic oxidation sites excluding steroid dienone is 3. The fraction of sp³-hybridized carbons (Fsp3) is 0.600. The predicted molar refractivity (Wildman–Crippen MR) is 51.4 cm³/mol. The van der Waals surface area contributed by atoms with Gasteiger partial charge in [-0.25, -0.2) is 0 Å². The van der Waals surface area contributed by atoms with E-state index in [9.17, 15) is 0 Å². The van der Waals surface area contributed by atoms with Gasteiger partial charge in [-0.15, -0.1) is 0 Å². The molecule has 0 rings (SSSR count). The molecule has 0 fully saturated rings. The lowest BCUT2D eigenvalue weighted by molar-refractivity contribution is 0.786. The van der Waals surface area contributed by atoms with Gasteiger partial charge in [0.25, 0.3) is 0 Å². The van der Waals surface area contributed by atoms with E-state index in [1.807, 2.05) is 0 Å². The van der Waals surface area contributed by atoms with Gasteiger partial charge in [0, 0.05) is 6.54 Å². The van der Waals surface area contributed by atoms with Crippen LogP contribution in [-0.2, 0) is 0 Å². The molecular formula is C10H19N. The van der Waals surface area contributed by atoms with Crippen molar-refractivity contribution < 1.29 is 0 Å². The van der Waals surface area contributed by atoms with E-state index in [1.165, 1.54) is 5.57 Å². The summed E-state index contributed by atoms with van der Waals surface area (Å²) in [5, 5.41) is 0. The molecule has 2 N–H and O–H groups in total. The number of rotatable bonds is 4. The van der Waals surface area contributed by atoms with E-state index in [4.69, 9.17) is 5.73 Å². The second-order valence-electron chi connectivity index (χ2n) is 2.91. The second kappa shape index (κ2) is 6.17. The van der Waals surface area contributed by atoms with E-state index < -0.39 is 0 Å². The monoisotopic (exact) mass is 153 g/mol. The van der Waals surface area contributed by atoms with Crippen LogP contribution in [0, 0.1) is 5.92 Å². The molecule has 0 spiro atoms. The Morgan fingerprint density at radius 1 is 1.45 bits per heavy atom. The Labute approximate surface area is 70.0 Å². The third-order valence-electron chi connectivity index (χ3n) is 1.57. The van der Waals surface area contributed by atoms with Gasteiger partial charge in [0.05, 0.1) is 0 Å².